The Morgan fingerprint density at radius 2 is 1.72 bits per heavy atom. The molecule has 0 radical (unpaired) electrons. The summed E-state index contributed by atoms with van der Waals surface area (Å²) in [7, 11) is 2.98. The van der Waals surface area contributed by atoms with E-state index >= 15 is 0 Å². The number of morpholine rings is 1. The van der Waals surface area contributed by atoms with Crippen molar-refractivity contribution < 1.29 is 23.8 Å². The molecule has 2 heterocycles. The van der Waals surface area contributed by atoms with Crippen LogP contribution in [0.4, 0.5) is 5.13 Å². The number of nitrogens with zero attached hydrogens (tertiary/aromatic N) is 2. The van der Waals surface area contributed by atoms with Gasteiger partial charge in [-0.1, -0.05) is 11.3 Å². The Balaban J connectivity index is 1.68. The number of carbonyl (C=O) groups is 2. The highest BCUT2D eigenvalue weighted by atomic mass is 79.9. The molecule has 1 fully saturated rings. The molecular weight excluding hydrogens is 464 g/mol. The number of hydrogen-bond donors (Lipinski definition) is 2. The summed E-state index contributed by atoms with van der Waals surface area (Å²) in [5.41, 5.74) is 5.74. The first-order chi connectivity index (χ1) is 13.9. The molecule has 0 aliphatic carbocycles. The lowest BCUT2D eigenvalue weighted by Crippen LogP contribution is -2.41. The maximum Gasteiger partial charge on any atom is 0.281 e. The average molecular weight is 485 g/mol. The zero-order chi connectivity index (χ0) is 21.0. The van der Waals surface area contributed by atoms with Crippen LogP contribution in [0.5, 0.6) is 11.5 Å². The van der Waals surface area contributed by atoms with Crippen molar-refractivity contribution in [1.29, 1.82) is 0 Å². The third-order valence-corrected chi connectivity index (χ3v) is 6.27. The molecule has 0 unspecified atom stereocenters. The van der Waals surface area contributed by atoms with E-state index in [4.69, 9.17) is 14.2 Å². The van der Waals surface area contributed by atoms with E-state index in [9.17, 15) is 9.59 Å². The fourth-order valence-electron chi connectivity index (χ4n) is 2.73. The molecule has 156 valence electrons. The predicted molar refractivity (Wildman–Crippen MR) is 112 cm³/mol. The van der Waals surface area contributed by atoms with E-state index in [1.165, 1.54) is 25.6 Å². The predicted octanol–water partition coefficient (Wildman–Crippen LogP) is 2.14. The second-order valence-corrected chi connectivity index (χ2v) is 7.88. The second-order valence-electron chi connectivity index (χ2n) is 6.11. The third kappa shape index (κ3) is 4.80. The molecule has 2 amide bonds. The summed E-state index contributed by atoms with van der Waals surface area (Å²) in [5, 5.41) is 0.768. The van der Waals surface area contributed by atoms with E-state index in [2.05, 4.69) is 36.7 Å². The van der Waals surface area contributed by atoms with Gasteiger partial charge in [0.05, 0.1) is 33.1 Å². The van der Waals surface area contributed by atoms with Crippen molar-refractivity contribution in [2.75, 3.05) is 45.4 Å². The zero-order valence-electron chi connectivity index (χ0n) is 16.2. The summed E-state index contributed by atoms with van der Waals surface area (Å²) in [6.07, 6.45) is 0. The lowest BCUT2D eigenvalue weighted by Gasteiger charge is -2.25. The number of rotatable bonds is 5. The number of thiazole rings is 1. The molecule has 2 aromatic rings. The van der Waals surface area contributed by atoms with Crippen LogP contribution in [0.15, 0.2) is 16.6 Å². The molecule has 1 aliphatic heterocycles. The van der Waals surface area contributed by atoms with Crippen molar-refractivity contribution in [2.45, 2.75) is 6.92 Å². The van der Waals surface area contributed by atoms with E-state index in [0.29, 0.717) is 39.8 Å². The molecule has 0 bridgehead atoms. The van der Waals surface area contributed by atoms with E-state index in [0.717, 1.165) is 18.2 Å². The van der Waals surface area contributed by atoms with Crippen LogP contribution < -0.4 is 25.2 Å². The lowest BCUT2D eigenvalue weighted by atomic mass is 10.2. The smallest absolute Gasteiger partial charge is 0.281 e. The molecule has 11 heteroatoms. The first-order valence-corrected chi connectivity index (χ1v) is 10.4. The number of amides is 2. The largest absolute Gasteiger partial charge is 0.495 e. The minimum atomic E-state index is -0.502. The van der Waals surface area contributed by atoms with Crippen LogP contribution >= 0.6 is 27.3 Å². The normalized spacial score (nSPS) is 13.7. The van der Waals surface area contributed by atoms with Crippen LogP contribution in [-0.4, -0.2) is 57.3 Å². The van der Waals surface area contributed by atoms with Crippen LogP contribution in [0.2, 0.25) is 0 Å². The highest BCUT2D eigenvalue weighted by Gasteiger charge is 2.21. The highest BCUT2D eigenvalue weighted by molar-refractivity contribution is 9.10. The number of methoxy groups -OCH3 is 2. The molecule has 1 aromatic heterocycles. The Morgan fingerprint density at radius 1 is 1.14 bits per heavy atom. The molecule has 1 saturated heterocycles. The Kier molecular flexibility index (Phi) is 6.93. The van der Waals surface area contributed by atoms with Crippen molar-refractivity contribution in [3.8, 4) is 11.5 Å². The molecular formula is C18H21BrN4O5S. The van der Waals surface area contributed by atoms with Gasteiger partial charge in [-0.15, -0.1) is 0 Å². The maximum atomic E-state index is 12.5. The number of carbonyl (C=O) groups excluding carboxylic acids is 2. The van der Waals surface area contributed by atoms with Gasteiger partial charge in [-0.3, -0.25) is 20.4 Å². The van der Waals surface area contributed by atoms with Gasteiger partial charge in [0.25, 0.3) is 11.8 Å². The van der Waals surface area contributed by atoms with Gasteiger partial charge < -0.3 is 19.1 Å². The number of anilines is 1. The average Bonchev–Trinajstić information content (AvgIpc) is 3.14. The number of hydrazine groups is 1. The van der Waals surface area contributed by atoms with Crippen molar-refractivity contribution in [3.05, 3.63) is 32.7 Å². The van der Waals surface area contributed by atoms with Gasteiger partial charge in [-0.05, 0) is 35.0 Å². The minimum absolute atomic E-state index is 0.275. The number of ether oxygens (including phenoxy) is 3. The van der Waals surface area contributed by atoms with Gasteiger partial charge in [-0.2, -0.15) is 0 Å². The quantitative estimate of drug-likeness (QED) is 0.626. The molecule has 3 rings (SSSR count). The van der Waals surface area contributed by atoms with Crippen LogP contribution in [-0.2, 0) is 4.74 Å². The summed E-state index contributed by atoms with van der Waals surface area (Å²) in [6.45, 7) is 4.50. The Hall–Kier alpha value is -2.37. The van der Waals surface area contributed by atoms with Crippen LogP contribution in [0.1, 0.15) is 25.7 Å². The zero-order valence-corrected chi connectivity index (χ0v) is 18.6. The molecule has 2 N–H and O–H groups in total. The molecule has 29 heavy (non-hydrogen) atoms. The van der Waals surface area contributed by atoms with Gasteiger partial charge in [0.2, 0.25) is 0 Å². The fraction of sp³-hybridized carbons (Fsp3) is 0.389. The number of aromatic nitrogens is 1. The summed E-state index contributed by atoms with van der Waals surface area (Å²) < 4.78 is 16.4. The lowest BCUT2D eigenvalue weighted by molar-refractivity contribution is 0.0848. The van der Waals surface area contributed by atoms with Crippen molar-refractivity contribution in [3.63, 3.8) is 0 Å². The van der Waals surface area contributed by atoms with Crippen LogP contribution in [0, 0.1) is 6.92 Å². The third-order valence-electron chi connectivity index (χ3n) is 4.27. The van der Waals surface area contributed by atoms with Crippen molar-refractivity contribution in [2.24, 2.45) is 0 Å². The van der Waals surface area contributed by atoms with Crippen LogP contribution in [0.25, 0.3) is 0 Å². The van der Waals surface area contributed by atoms with E-state index in [1.54, 1.807) is 19.1 Å². The number of hydrogen-bond acceptors (Lipinski definition) is 8. The number of halogens is 1. The molecule has 0 spiro atoms. The number of aryl methyl sites for hydroxylation is 1. The summed E-state index contributed by atoms with van der Waals surface area (Å²) in [6, 6.07) is 3.09. The monoisotopic (exact) mass is 484 g/mol. The number of benzene rings is 1. The molecule has 1 aromatic carbocycles. The Labute approximate surface area is 180 Å². The first-order valence-electron chi connectivity index (χ1n) is 8.77. The molecule has 0 saturated carbocycles. The van der Waals surface area contributed by atoms with Gasteiger partial charge >= 0.3 is 0 Å². The Bertz CT molecular complexity index is 889. The molecule has 1 aliphatic rings. The summed E-state index contributed by atoms with van der Waals surface area (Å²) in [4.78, 5) is 32.0. The summed E-state index contributed by atoms with van der Waals surface area (Å²) in [5.74, 6) is -0.0505. The van der Waals surface area contributed by atoms with Gasteiger partial charge in [0.15, 0.2) is 5.13 Å². The van der Waals surface area contributed by atoms with Crippen LogP contribution in [0.3, 0.4) is 0 Å². The fourth-order valence-corrected chi connectivity index (χ4v) is 4.29. The topological polar surface area (TPSA) is 102 Å². The van der Waals surface area contributed by atoms with Crippen molar-refractivity contribution >= 4 is 44.2 Å². The molecule has 9 nitrogen and oxygen atoms in total. The van der Waals surface area contributed by atoms with Gasteiger partial charge in [0.1, 0.15) is 20.8 Å². The van der Waals surface area contributed by atoms with E-state index in [-0.39, 0.29) is 5.56 Å². The SMILES string of the molecule is COc1cc(C(=O)NNC(=O)c2sc(N3CCOCC3)nc2C)cc(OC)c1Br. The van der Waals surface area contributed by atoms with E-state index in [1.807, 2.05) is 0 Å². The number of nitrogens with one attached hydrogen (secondary N) is 2. The second kappa shape index (κ2) is 9.42. The maximum absolute atomic E-state index is 12.5. The minimum Gasteiger partial charge on any atom is -0.495 e. The van der Waals surface area contributed by atoms with Crippen molar-refractivity contribution in [1.82, 2.24) is 15.8 Å². The molecule has 0 atom stereocenters. The standard InChI is InChI=1S/C18H21BrN4O5S/c1-10-15(29-18(20-10)23-4-6-28-7-5-23)17(25)22-21-16(24)11-8-12(26-2)14(19)13(9-11)27-3/h8-9H,4-7H2,1-3H3,(H,21,24)(H,22,25). The van der Waals surface area contributed by atoms with Gasteiger partial charge in [0, 0.05) is 18.7 Å². The Morgan fingerprint density at radius 3 is 2.31 bits per heavy atom. The highest BCUT2D eigenvalue weighted by Crippen LogP contribution is 2.35. The first kappa shape index (κ1) is 21.3. The summed E-state index contributed by atoms with van der Waals surface area (Å²) >= 11 is 4.64. The van der Waals surface area contributed by atoms with Gasteiger partial charge in [-0.25, -0.2) is 4.98 Å². The van der Waals surface area contributed by atoms with E-state index < -0.39 is 11.8 Å².